The fourth-order valence-corrected chi connectivity index (χ4v) is 3.07. The predicted octanol–water partition coefficient (Wildman–Crippen LogP) is 4.95. The highest BCUT2D eigenvalue weighted by Crippen LogP contribution is 2.37. The highest BCUT2D eigenvalue weighted by atomic mass is 35.5. The Balaban J connectivity index is 2.80. The van der Waals surface area contributed by atoms with Crippen molar-refractivity contribution in [1.29, 1.82) is 0 Å². The fourth-order valence-electron chi connectivity index (χ4n) is 1.18. The van der Waals surface area contributed by atoms with Crippen molar-refractivity contribution in [3.8, 4) is 0 Å². The average Bonchev–Trinajstić information content (AvgIpc) is 2.50. The molecule has 0 aliphatic carbocycles. The third-order valence-electron chi connectivity index (χ3n) is 1.86. The van der Waals surface area contributed by atoms with E-state index in [-0.39, 0.29) is 0 Å². The van der Waals surface area contributed by atoms with Crippen molar-refractivity contribution in [1.82, 2.24) is 0 Å². The van der Waals surface area contributed by atoms with Crippen molar-refractivity contribution in [2.75, 3.05) is 0 Å². The van der Waals surface area contributed by atoms with Gasteiger partial charge in [0.15, 0.2) is 0 Å². The van der Waals surface area contributed by atoms with E-state index in [2.05, 4.69) is 0 Å². The van der Waals surface area contributed by atoms with Crippen LogP contribution >= 0.6 is 46.1 Å². The van der Waals surface area contributed by atoms with E-state index in [1.165, 1.54) is 0 Å². The lowest BCUT2D eigenvalue weighted by Gasteiger charge is -2.00. The molecule has 0 amide bonds. The topological polar surface area (TPSA) is 0 Å². The van der Waals surface area contributed by atoms with Gasteiger partial charge in [-0.25, -0.2) is 0 Å². The number of benzene rings is 1. The highest BCUT2D eigenvalue weighted by Gasteiger charge is 2.08. The Kier molecular flexibility index (Phi) is 2.70. The van der Waals surface area contributed by atoms with Gasteiger partial charge in [-0.1, -0.05) is 35.3 Å². The van der Waals surface area contributed by atoms with E-state index in [0.717, 1.165) is 25.7 Å². The van der Waals surface area contributed by atoms with Gasteiger partial charge in [0.1, 0.15) is 0 Å². The minimum Gasteiger partial charge on any atom is -0.141 e. The second-order valence-electron chi connectivity index (χ2n) is 2.63. The van der Waals surface area contributed by atoms with E-state index in [0.29, 0.717) is 5.88 Å². The molecule has 0 saturated heterocycles. The summed E-state index contributed by atoms with van der Waals surface area (Å²) in [6.07, 6.45) is 0. The number of halogens is 3. The van der Waals surface area contributed by atoms with E-state index in [9.17, 15) is 0 Å². The summed E-state index contributed by atoms with van der Waals surface area (Å²) in [5, 5.41) is 4.37. The molecule has 2 rings (SSSR count). The van der Waals surface area contributed by atoms with Crippen LogP contribution in [0.3, 0.4) is 0 Å². The Hall–Kier alpha value is 0.0500. The maximum atomic E-state index is 6.12. The molecule has 0 nitrogen and oxygen atoms in total. The van der Waals surface area contributed by atoms with Crippen molar-refractivity contribution in [3.63, 3.8) is 0 Å². The van der Waals surface area contributed by atoms with Crippen molar-refractivity contribution < 1.29 is 0 Å². The Bertz CT molecular complexity index is 447. The second-order valence-corrected chi connectivity index (χ2v) is 4.56. The number of hydrogen-bond acceptors (Lipinski definition) is 1. The van der Waals surface area contributed by atoms with Crippen molar-refractivity contribution in [2.45, 2.75) is 5.88 Å². The number of thiophene rings is 1. The smallest absolute Gasteiger partial charge is 0.0628 e. The third kappa shape index (κ3) is 1.55. The van der Waals surface area contributed by atoms with Crippen molar-refractivity contribution >= 4 is 56.2 Å². The van der Waals surface area contributed by atoms with Crippen LogP contribution in [-0.4, -0.2) is 0 Å². The SMILES string of the molecule is ClCc1ccc2c(Cl)csc2c1Cl. The molecular formula is C9H5Cl3S. The Morgan fingerprint density at radius 2 is 2.00 bits per heavy atom. The lowest BCUT2D eigenvalue weighted by atomic mass is 10.2. The Morgan fingerprint density at radius 1 is 1.23 bits per heavy atom. The van der Waals surface area contributed by atoms with E-state index in [1.807, 2.05) is 17.5 Å². The lowest BCUT2D eigenvalue weighted by Crippen LogP contribution is -1.78. The summed E-state index contributed by atoms with van der Waals surface area (Å²) in [5.41, 5.74) is 0.953. The minimum absolute atomic E-state index is 0.435. The summed E-state index contributed by atoms with van der Waals surface area (Å²) >= 11 is 19.4. The van der Waals surface area contributed by atoms with Crippen LogP contribution in [0.5, 0.6) is 0 Å². The van der Waals surface area contributed by atoms with Gasteiger partial charge in [0.05, 0.1) is 14.7 Å². The molecule has 68 valence electrons. The average molecular weight is 252 g/mol. The van der Waals surface area contributed by atoms with Crippen molar-refractivity contribution in [2.24, 2.45) is 0 Å². The largest absolute Gasteiger partial charge is 0.141 e. The molecule has 1 heterocycles. The van der Waals surface area contributed by atoms with Crippen LogP contribution < -0.4 is 0 Å². The van der Waals surface area contributed by atoms with Gasteiger partial charge in [-0.3, -0.25) is 0 Å². The predicted molar refractivity (Wildman–Crippen MR) is 61.4 cm³/mol. The second kappa shape index (κ2) is 3.66. The summed E-state index contributed by atoms with van der Waals surface area (Å²) < 4.78 is 1.02. The first-order valence-electron chi connectivity index (χ1n) is 3.64. The van der Waals surface area contributed by atoms with Gasteiger partial charge in [0.2, 0.25) is 0 Å². The molecule has 0 N–H and O–H groups in total. The van der Waals surface area contributed by atoms with Crippen LogP contribution in [0, 0.1) is 0 Å². The highest BCUT2D eigenvalue weighted by molar-refractivity contribution is 7.18. The molecule has 2 aromatic rings. The molecule has 1 aromatic heterocycles. The molecule has 1 aromatic carbocycles. The maximum absolute atomic E-state index is 6.12. The van der Waals surface area contributed by atoms with Gasteiger partial charge in [0.25, 0.3) is 0 Å². The molecule has 0 radical (unpaired) electrons. The monoisotopic (exact) mass is 250 g/mol. The zero-order valence-corrected chi connectivity index (χ0v) is 9.57. The molecule has 0 bridgehead atoms. The van der Waals surface area contributed by atoms with Gasteiger partial charge in [-0.15, -0.1) is 22.9 Å². The van der Waals surface area contributed by atoms with Crippen LogP contribution in [0.1, 0.15) is 5.56 Å². The fraction of sp³-hybridized carbons (Fsp3) is 0.111. The molecule has 0 fully saturated rings. The van der Waals surface area contributed by atoms with E-state index in [4.69, 9.17) is 34.8 Å². The Morgan fingerprint density at radius 3 is 2.69 bits per heavy atom. The molecular weight excluding hydrogens is 247 g/mol. The Labute approximate surface area is 95.0 Å². The molecule has 0 spiro atoms. The molecule has 0 saturated carbocycles. The molecule has 0 aliphatic heterocycles. The number of fused-ring (bicyclic) bond motifs is 1. The van der Waals surface area contributed by atoms with Crippen LogP contribution in [0.25, 0.3) is 10.1 Å². The molecule has 13 heavy (non-hydrogen) atoms. The summed E-state index contributed by atoms with van der Waals surface area (Å²) in [5.74, 6) is 0.435. The summed E-state index contributed by atoms with van der Waals surface area (Å²) in [6.45, 7) is 0. The molecule has 0 aliphatic rings. The third-order valence-corrected chi connectivity index (χ3v) is 4.15. The first-order chi connectivity index (χ1) is 6.24. The first-order valence-corrected chi connectivity index (χ1v) is 5.81. The van der Waals surface area contributed by atoms with Crippen LogP contribution in [0.2, 0.25) is 10.0 Å². The number of alkyl halides is 1. The first kappa shape index (κ1) is 9.60. The van der Waals surface area contributed by atoms with Gasteiger partial charge in [-0.05, 0) is 5.56 Å². The zero-order valence-electron chi connectivity index (χ0n) is 6.48. The molecule has 0 atom stereocenters. The number of hydrogen-bond donors (Lipinski definition) is 0. The summed E-state index contributed by atoms with van der Waals surface area (Å²) in [4.78, 5) is 0. The zero-order chi connectivity index (χ0) is 9.42. The van der Waals surface area contributed by atoms with E-state index in [1.54, 1.807) is 11.3 Å². The quantitative estimate of drug-likeness (QED) is 0.629. The normalized spacial score (nSPS) is 11.0. The van der Waals surface area contributed by atoms with E-state index < -0.39 is 0 Å². The van der Waals surface area contributed by atoms with Gasteiger partial charge in [-0.2, -0.15) is 0 Å². The number of rotatable bonds is 1. The van der Waals surface area contributed by atoms with Crippen molar-refractivity contribution in [3.05, 3.63) is 33.1 Å². The van der Waals surface area contributed by atoms with Gasteiger partial charge < -0.3 is 0 Å². The summed E-state index contributed by atoms with van der Waals surface area (Å²) in [7, 11) is 0. The minimum atomic E-state index is 0.435. The lowest BCUT2D eigenvalue weighted by molar-refractivity contribution is 1.43. The standard InChI is InChI=1S/C9H5Cl3S/c10-3-5-1-2-6-7(11)4-13-9(6)8(5)12/h1-2,4H,3H2. The summed E-state index contributed by atoms with van der Waals surface area (Å²) in [6, 6.07) is 3.87. The van der Waals surface area contributed by atoms with E-state index >= 15 is 0 Å². The molecule has 0 unspecified atom stereocenters. The van der Waals surface area contributed by atoms with Crippen LogP contribution in [0.15, 0.2) is 17.5 Å². The van der Waals surface area contributed by atoms with Gasteiger partial charge in [0, 0.05) is 16.6 Å². The van der Waals surface area contributed by atoms with Gasteiger partial charge >= 0.3 is 0 Å². The van der Waals surface area contributed by atoms with Crippen LogP contribution in [-0.2, 0) is 5.88 Å². The maximum Gasteiger partial charge on any atom is 0.0628 e. The molecule has 4 heteroatoms. The van der Waals surface area contributed by atoms with Crippen LogP contribution in [0.4, 0.5) is 0 Å².